The van der Waals surface area contributed by atoms with Crippen molar-refractivity contribution in [3.63, 3.8) is 0 Å². The molecule has 3 aromatic rings. The van der Waals surface area contributed by atoms with Crippen LogP contribution in [-0.2, 0) is 16.6 Å². The summed E-state index contributed by atoms with van der Waals surface area (Å²) in [5, 5.41) is 5.99. The molecule has 2 N–H and O–H groups in total. The normalized spacial score (nSPS) is 16.3. The summed E-state index contributed by atoms with van der Waals surface area (Å²) in [4.78, 5) is 2.34. The molecule has 1 aromatic carbocycles. The number of rotatable bonds is 5. The van der Waals surface area contributed by atoms with Gasteiger partial charge in [-0.25, -0.2) is 8.42 Å². The fourth-order valence-electron chi connectivity index (χ4n) is 3.06. The highest BCUT2D eigenvalue weighted by Gasteiger charge is 2.18. The van der Waals surface area contributed by atoms with Gasteiger partial charge in [-0.15, -0.1) is 11.3 Å². The van der Waals surface area contributed by atoms with E-state index < -0.39 is 10.0 Å². The summed E-state index contributed by atoms with van der Waals surface area (Å²) in [5.74, 6) is 0. The lowest BCUT2D eigenvalue weighted by molar-refractivity contribution is 0.233. The number of benzene rings is 1. The minimum Gasteiger partial charge on any atom is -0.464 e. The number of hydrogen-bond donors (Lipinski definition) is 2. The highest BCUT2D eigenvalue weighted by Crippen LogP contribution is 2.28. The van der Waals surface area contributed by atoms with Crippen LogP contribution in [-0.4, -0.2) is 39.5 Å². The van der Waals surface area contributed by atoms with Crippen LogP contribution in [0.5, 0.6) is 0 Å². The van der Waals surface area contributed by atoms with Gasteiger partial charge in [-0.05, 0) is 29.6 Å². The van der Waals surface area contributed by atoms with Crippen molar-refractivity contribution in [1.82, 2.24) is 10.2 Å². The summed E-state index contributed by atoms with van der Waals surface area (Å²) in [6, 6.07) is 8.88. The average molecular weight is 377 g/mol. The summed E-state index contributed by atoms with van der Waals surface area (Å²) in [6.07, 6.45) is 1.64. The van der Waals surface area contributed by atoms with E-state index >= 15 is 0 Å². The maximum atomic E-state index is 12.5. The fourth-order valence-corrected chi connectivity index (χ4v) is 5.10. The number of nitrogens with zero attached hydrogens (tertiary/aromatic N) is 1. The van der Waals surface area contributed by atoms with E-state index in [0.717, 1.165) is 49.3 Å². The van der Waals surface area contributed by atoms with E-state index in [1.807, 2.05) is 18.2 Å². The number of furan rings is 1. The lowest BCUT2D eigenvalue weighted by Gasteiger charge is -2.27. The van der Waals surface area contributed by atoms with Crippen LogP contribution in [0, 0.1) is 0 Å². The van der Waals surface area contributed by atoms with Crippen LogP contribution in [0.25, 0.3) is 11.0 Å². The monoisotopic (exact) mass is 377 g/mol. The second-order valence-corrected chi connectivity index (χ2v) is 8.89. The van der Waals surface area contributed by atoms with E-state index in [1.54, 1.807) is 23.8 Å². The van der Waals surface area contributed by atoms with E-state index in [2.05, 4.69) is 14.9 Å². The standard InChI is InChI=1S/C17H19N3O3S2/c21-25(22,16-2-1-9-24-16)19-15-10-13-3-8-23-17(13)14(11-15)12-20-6-4-18-5-7-20/h1-3,8-11,18-19H,4-7,12H2. The smallest absolute Gasteiger partial charge is 0.271 e. The van der Waals surface area contributed by atoms with Gasteiger partial charge in [0.1, 0.15) is 9.79 Å². The molecule has 0 unspecified atom stereocenters. The number of thiophene rings is 1. The lowest BCUT2D eigenvalue weighted by atomic mass is 10.1. The molecule has 2 aromatic heterocycles. The van der Waals surface area contributed by atoms with Gasteiger partial charge in [-0.3, -0.25) is 9.62 Å². The van der Waals surface area contributed by atoms with Gasteiger partial charge in [0.2, 0.25) is 0 Å². The second kappa shape index (κ2) is 6.80. The quantitative estimate of drug-likeness (QED) is 0.715. The third kappa shape index (κ3) is 3.57. The first-order chi connectivity index (χ1) is 12.1. The Bertz CT molecular complexity index is 958. The van der Waals surface area contributed by atoms with Gasteiger partial charge in [-0.2, -0.15) is 0 Å². The molecule has 1 aliphatic rings. The van der Waals surface area contributed by atoms with Gasteiger partial charge in [0.05, 0.1) is 12.0 Å². The molecule has 0 spiro atoms. The Hall–Kier alpha value is -1.87. The Balaban J connectivity index is 1.65. The Labute approximate surface area is 150 Å². The molecule has 0 amide bonds. The zero-order chi connectivity index (χ0) is 17.3. The number of piperazine rings is 1. The summed E-state index contributed by atoms with van der Waals surface area (Å²) in [7, 11) is -3.56. The molecule has 1 aliphatic heterocycles. The maximum Gasteiger partial charge on any atom is 0.271 e. The molecular formula is C17H19N3O3S2. The molecule has 0 atom stereocenters. The van der Waals surface area contributed by atoms with Gasteiger partial charge in [0.25, 0.3) is 10.0 Å². The number of sulfonamides is 1. The summed E-state index contributed by atoms with van der Waals surface area (Å²) in [5.41, 5.74) is 2.37. The first kappa shape index (κ1) is 16.6. The Morgan fingerprint density at radius 2 is 2.08 bits per heavy atom. The second-order valence-electron chi connectivity index (χ2n) is 6.04. The van der Waals surface area contributed by atoms with E-state index in [1.165, 1.54) is 11.3 Å². The van der Waals surface area contributed by atoms with Crippen molar-refractivity contribution < 1.29 is 12.8 Å². The van der Waals surface area contributed by atoms with Gasteiger partial charge in [0.15, 0.2) is 0 Å². The maximum absolute atomic E-state index is 12.5. The van der Waals surface area contributed by atoms with Crippen LogP contribution in [0.4, 0.5) is 5.69 Å². The van der Waals surface area contributed by atoms with E-state index in [0.29, 0.717) is 9.90 Å². The van der Waals surface area contributed by atoms with Crippen LogP contribution >= 0.6 is 11.3 Å². The zero-order valence-corrected chi connectivity index (χ0v) is 15.2. The SMILES string of the molecule is O=S(=O)(Nc1cc(CN2CCNCC2)c2occc2c1)c1cccs1. The molecule has 8 heteroatoms. The topological polar surface area (TPSA) is 74.6 Å². The minimum atomic E-state index is -3.56. The van der Waals surface area contributed by atoms with Crippen LogP contribution < -0.4 is 10.0 Å². The van der Waals surface area contributed by atoms with E-state index in [4.69, 9.17) is 4.42 Å². The first-order valence-corrected chi connectivity index (χ1v) is 10.5. The van der Waals surface area contributed by atoms with Crippen LogP contribution in [0.2, 0.25) is 0 Å². The molecule has 0 bridgehead atoms. The van der Waals surface area contributed by atoms with Crippen molar-refractivity contribution in [1.29, 1.82) is 0 Å². The van der Waals surface area contributed by atoms with Crippen molar-refractivity contribution in [2.75, 3.05) is 30.9 Å². The minimum absolute atomic E-state index is 0.309. The van der Waals surface area contributed by atoms with Crippen molar-refractivity contribution in [2.24, 2.45) is 0 Å². The molecule has 25 heavy (non-hydrogen) atoms. The Morgan fingerprint density at radius 1 is 1.24 bits per heavy atom. The molecule has 6 nitrogen and oxygen atoms in total. The van der Waals surface area contributed by atoms with E-state index in [-0.39, 0.29) is 0 Å². The number of fused-ring (bicyclic) bond motifs is 1. The molecular weight excluding hydrogens is 358 g/mol. The number of anilines is 1. The predicted molar refractivity (Wildman–Crippen MR) is 99.5 cm³/mol. The van der Waals surface area contributed by atoms with Crippen molar-refractivity contribution in [3.05, 3.63) is 47.5 Å². The van der Waals surface area contributed by atoms with Gasteiger partial charge < -0.3 is 9.73 Å². The van der Waals surface area contributed by atoms with Crippen LogP contribution in [0.3, 0.4) is 0 Å². The highest BCUT2D eigenvalue weighted by molar-refractivity contribution is 7.94. The molecule has 0 saturated carbocycles. The number of hydrogen-bond acceptors (Lipinski definition) is 6. The van der Waals surface area contributed by atoms with E-state index in [9.17, 15) is 8.42 Å². The summed E-state index contributed by atoms with van der Waals surface area (Å²) < 4.78 is 33.6. The van der Waals surface area contributed by atoms with Gasteiger partial charge >= 0.3 is 0 Å². The largest absolute Gasteiger partial charge is 0.464 e. The molecule has 132 valence electrons. The summed E-state index contributed by atoms with van der Waals surface area (Å²) in [6.45, 7) is 4.60. The molecule has 0 radical (unpaired) electrons. The molecule has 0 aliphatic carbocycles. The third-order valence-electron chi connectivity index (χ3n) is 4.24. The highest BCUT2D eigenvalue weighted by atomic mass is 32.2. The Morgan fingerprint density at radius 3 is 2.84 bits per heavy atom. The Kier molecular flexibility index (Phi) is 4.51. The van der Waals surface area contributed by atoms with Crippen LogP contribution in [0.1, 0.15) is 5.56 Å². The van der Waals surface area contributed by atoms with Crippen molar-refractivity contribution >= 4 is 38.0 Å². The van der Waals surface area contributed by atoms with Crippen molar-refractivity contribution in [3.8, 4) is 0 Å². The predicted octanol–water partition coefficient (Wildman–Crippen LogP) is 2.70. The van der Waals surface area contributed by atoms with Gasteiger partial charge in [-0.1, -0.05) is 6.07 Å². The fraction of sp³-hybridized carbons (Fsp3) is 0.294. The van der Waals surface area contributed by atoms with Crippen LogP contribution in [0.15, 0.2) is 50.6 Å². The third-order valence-corrected chi connectivity index (χ3v) is 7.02. The summed E-state index contributed by atoms with van der Waals surface area (Å²) >= 11 is 1.20. The molecule has 1 fully saturated rings. The average Bonchev–Trinajstić information content (AvgIpc) is 3.27. The first-order valence-electron chi connectivity index (χ1n) is 8.11. The van der Waals surface area contributed by atoms with Gasteiger partial charge in [0, 0.05) is 43.7 Å². The number of nitrogens with one attached hydrogen (secondary N) is 2. The molecule has 4 rings (SSSR count). The van der Waals surface area contributed by atoms with Crippen molar-refractivity contribution in [2.45, 2.75) is 10.8 Å². The molecule has 3 heterocycles. The lowest BCUT2D eigenvalue weighted by Crippen LogP contribution is -2.42. The molecule has 1 saturated heterocycles. The zero-order valence-electron chi connectivity index (χ0n) is 13.6.